The third-order valence-electron chi connectivity index (χ3n) is 2.93. The zero-order valence-corrected chi connectivity index (χ0v) is 9.83. The van der Waals surface area contributed by atoms with Gasteiger partial charge in [-0.2, -0.15) is 0 Å². The lowest BCUT2D eigenvalue weighted by Crippen LogP contribution is -2.29. The molecular weight excluding hydrogens is 238 g/mol. The topological polar surface area (TPSA) is 89.7 Å². The van der Waals surface area contributed by atoms with Crippen molar-refractivity contribution in [3.05, 3.63) is 33.9 Å². The summed E-state index contributed by atoms with van der Waals surface area (Å²) < 4.78 is 5.33. The van der Waals surface area contributed by atoms with Gasteiger partial charge in [0.15, 0.2) is 11.9 Å². The number of carbonyl (C=O) groups is 1. The largest absolute Gasteiger partial charge is 0.478 e. The van der Waals surface area contributed by atoms with E-state index in [1.165, 1.54) is 6.07 Å². The summed E-state index contributed by atoms with van der Waals surface area (Å²) in [7, 11) is 0. The quantitative estimate of drug-likeness (QED) is 0.639. The molecule has 1 aliphatic rings. The highest BCUT2D eigenvalue weighted by Crippen LogP contribution is 2.38. The summed E-state index contributed by atoms with van der Waals surface area (Å²) in [5.74, 6) is -1.09. The molecule has 0 bridgehead atoms. The standard InChI is InChI=1S/C12H13NO5/c1-7-3-2-4-9(10(7)13(16)17)18-11(12(14)15)8-5-6-8/h2-4,8,11H,5-6H2,1H3,(H,14,15). The van der Waals surface area contributed by atoms with Crippen LogP contribution in [0, 0.1) is 23.0 Å². The van der Waals surface area contributed by atoms with Gasteiger partial charge in [-0.15, -0.1) is 0 Å². The Hall–Kier alpha value is -2.11. The van der Waals surface area contributed by atoms with Gasteiger partial charge in [0.1, 0.15) is 0 Å². The molecule has 1 aromatic carbocycles. The van der Waals surface area contributed by atoms with Gasteiger partial charge in [-0.05, 0) is 25.8 Å². The molecule has 1 aromatic rings. The Balaban J connectivity index is 2.30. The van der Waals surface area contributed by atoms with E-state index >= 15 is 0 Å². The van der Waals surface area contributed by atoms with Crippen LogP contribution in [0.5, 0.6) is 5.75 Å². The van der Waals surface area contributed by atoms with Crippen LogP contribution < -0.4 is 4.74 Å². The first-order valence-corrected chi connectivity index (χ1v) is 5.64. The Bertz CT molecular complexity index is 495. The Morgan fingerprint density at radius 1 is 1.56 bits per heavy atom. The molecule has 1 N–H and O–H groups in total. The number of hydrogen-bond acceptors (Lipinski definition) is 4. The molecule has 1 atom stereocenters. The van der Waals surface area contributed by atoms with Crippen LogP contribution in [0.3, 0.4) is 0 Å². The van der Waals surface area contributed by atoms with E-state index in [4.69, 9.17) is 9.84 Å². The minimum atomic E-state index is -1.08. The van der Waals surface area contributed by atoms with Crippen molar-refractivity contribution < 1.29 is 19.6 Å². The zero-order chi connectivity index (χ0) is 13.3. The molecule has 0 saturated heterocycles. The Labute approximate surface area is 103 Å². The van der Waals surface area contributed by atoms with E-state index in [2.05, 4.69) is 0 Å². The number of benzene rings is 1. The number of aliphatic carboxylic acids is 1. The number of nitrogens with zero attached hydrogens (tertiary/aromatic N) is 1. The molecule has 1 fully saturated rings. The van der Waals surface area contributed by atoms with Gasteiger partial charge in [0.05, 0.1) is 4.92 Å². The zero-order valence-electron chi connectivity index (χ0n) is 9.83. The fraction of sp³-hybridized carbons (Fsp3) is 0.417. The van der Waals surface area contributed by atoms with Crippen molar-refractivity contribution in [1.82, 2.24) is 0 Å². The summed E-state index contributed by atoms with van der Waals surface area (Å²) in [6.07, 6.45) is 0.582. The number of carboxylic acids is 1. The first-order valence-electron chi connectivity index (χ1n) is 5.64. The molecule has 0 radical (unpaired) electrons. The first kappa shape index (κ1) is 12.3. The van der Waals surface area contributed by atoms with Gasteiger partial charge in [-0.1, -0.05) is 12.1 Å². The van der Waals surface area contributed by atoms with Crippen molar-refractivity contribution in [3.63, 3.8) is 0 Å². The van der Waals surface area contributed by atoms with Crippen molar-refractivity contribution in [2.24, 2.45) is 5.92 Å². The molecule has 1 saturated carbocycles. The summed E-state index contributed by atoms with van der Waals surface area (Å²) in [5.41, 5.74) is 0.293. The molecule has 0 heterocycles. The van der Waals surface area contributed by atoms with Crippen molar-refractivity contribution >= 4 is 11.7 Å². The maximum atomic E-state index is 11.1. The number of para-hydroxylation sites is 1. The summed E-state index contributed by atoms with van der Waals surface area (Å²) in [6.45, 7) is 1.60. The van der Waals surface area contributed by atoms with Crippen LogP contribution in [-0.4, -0.2) is 22.1 Å². The lowest BCUT2D eigenvalue weighted by atomic mass is 10.2. The average Bonchev–Trinajstić information content (AvgIpc) is 3.08. The molecule has 18 heavy (non-hydrogen) atoms. The smallest absolute Gasteiger partial charge is 0.345 e. The third kappa shape index (κ3) is 2.42. The van der Waals surface area contributed by atoms with Gasteiger partial charge >= 0.3 is 11.7 Å². The monoisotopic (exact) mass is 251 g/mol. The minimum absolute atomic E-state index is 0.0271. The van der Waals surface area contributed by atoms with E-state index in [1.54, 1.807) is 19.1 Å². The number of nitro groups is 1. The second-order valence-electron chi connectivity index (χ2n) is 4.39. The van der Waals surface area contributed by atoms with Crippen LogP contribution in [0.25, 0.3) is 0 Å². The van der Waals surface area contributed by atoms with Crippen molar-refractivity contribution in [1.29, 1.82) is 0 Å². The summed E-state index contributed by atoms with van der Waals surface area (Å²) in [6, 6.07) is 4.64. The Morgan fingerprint density at radius 2 is 2.22 bits per heavy atom. The molecule has 2 rings (SSSR count). The molecular formula is C12H13NO5. The second-order valence-corrected chi connectivity index (χ2v) is 4.39. The SMILES string of the molecule is Cc1cccc(OC(C(=O)O)C2CC2)c1[N+](=O)[O-]. The highest BCUT2D eigenvalue weighted by molar-refractivity contribution is 5.74. The van der Waals surface area contributed by atoms with Gasteiger partial charge in [0, 0.05) is 11.5 Å². The van der Waals surface area contributed by atoms with Gasteiger partial charge in [0.25, 0.3) is 0 Å². The summed E-state index contributed by atoms with van der Waals surface area (Å²) in [4.78, 5) is 21.5. The maximum Gasteiger partial charge on any atom is 0.345 e. The van der Waals surface area contributed by atoms with Gasteiger partial charge < -0.3 is 9.84 Å². The van der Waals surface area contributed by atoms with E-state index < -0.39 is 17.0 Å². The second kappa shape index (κ2) is 4.64. The van der Waals surface area contributed by atoms with Gasteiger partial charge in [0.2, 0.25) is 0 Å². The molecule has 1 unspecified atom stereocenters. The van der Waals surface area contributed by atoms with E-state index in [1.807, 2.05) is 0 Å². The predicted molar refractivity (Wildman–Crippen MR) is 62.6 cm³/mol. The lowest BCUT2D eigenvalue weighted by molar-refractivity contribution is -0.386. The van der Waals surface area contributed by atoms with Crippen LogP contribution in [0.2, 0.25) is 0 Å². The van der Waals surface area contributed by atoms with E-state index in [0.29, 0.717) is 5.56 Å². The predicted octanol–water partition coefficient (Wildman–Crippen LogP) is 2.15. The van der Waals surface area contributed by atoms with Crippen LogP contribution in [0.15, 0.2) is 18.2 Å². The summed E-state index contributed by atoms with van der Waals surface area (Å²) in [5, 5.41) is 20.0. The van der Waals surface area contributed by atoms with Crippen LogP contribution >= 0.6 is 0 Å². The minimum Gasteiger partial charge on any atom is -0.478 e. The van der Waals surface area contributed by atoms with Crippen LogP contribution in [-0.2, 0) is 4.79 Å². The van der Waals surface area contributed by atoms with E-state index in [9.17, 15) is 14.9 Å². The number of ether oxygens (including phenoxy) is 1. The first-order chi connectivity index (χ1) is 8.50. The molecule has 6 nitrogen and oxygen atoms in total. The summed E-state index contributed by atoms with van der Waals surface area (Å²) >= 11 is 0. The normalized spacial score (nSPS) is 16.1. The maximum absolute atomic E-state index is 11.1. The number of carboxylic acid groups (broad SMARTS) is 1. The average molecular weight is 251 g/mol. The van der Waals surface area contributed by atoms with Crippen molar-refractivity contribution in [2.45, 2.75) is 25.9 Å². The lowest BCUT2D eigenvalue weighted by Gasteiger charge is -2.14. The number of rotatable bonds is 5. The van der Waals surface area contributed by atoms with Gasteiger partial charge in [-0.3, -0.25) is 10.1 Å². The number of nitro benzene ring substituents is 1. The number of aryl methyl sites for hydroxylation is 1. The number of hydrogen-bond donors (Lipinski definition) is 1. The molecule has 6 heteroatoms. The highest BCUT2D eigenvalue weighted by atomic mass is 16.6. The third-order valence-corrected chi connectivity index (χ3v) is 2.93. The van der Waals surface area contributed by atoms with Crippen molar-refractivity contribution in [2.75, 3.05) is 0 Å². The fourth-order valence-electron chi connectivity index (χ4n) is 1.85. The van der Waals surface area contributed by atoms with Gasteiger partial charge in [-0.25, -0.2) is 4.79 Å². The molecule has 0 spiro atoms. The molecule has 0 aliphatic heterocycles. The Kier molecular flexibility index (Phi) is 3.18. The van der Waals surface area contributed by atoms with Crippen LogP contribution in [0.1, 0.15) is 18.4 Å². The molecule has 0 aromatic heterocycles. The highest BCUT2D eigenvalue weighted by Gasteiger charge is 2.39. The van der Waals surface area contributed by atoms with Crippen LogP contribution in [0.4, 0.5) is 5.69 Å². The molecule has 96 valence electrons. The molecule has 0 amide bonds. The van der Waals surface area contributed by atoms with E-state index in [0.717, 1.165) is 12.8 Å². The van der Waals surface area contributed by atoms with Crippen molar-refractivity contribution in [3.8, 4) is 5.75 Å². The fourth-order valence-corrected chi connectivity index (χ4v) is 1.85. The molecule has 1 aliphatic carbocycles. The van der Waals surface area contributed by atoms with E-state index in [-0.39, 0.29) is 17.4 Å². The Morgan fingerprint density at radius 3 is 2.72 bits per heavy atom.